The number of benzene rings is 1. The summed E-state index contributed by atoms with van der Waals surface area (Å²) >= 11 is 0. The van der Waals surface area contributed by atoms with E-state index in [-0.39, 0.29) is 5.91 Å². The van der Waals surface area contributed by atoms with Gasteiger partial charge in [-0.3, -0.25) is 4.79 Å². The Morgan fingerprint density at radius 2 is 1.95 bits per heavy atom. The number of aryl methyl sites for hydroxylation is 1. The number of carbonyl (C=O) groups excluding carboxylic acids is 1. The number of carbonyl (C=O) groups is 1. The lowest BCUT2D eigenvalue weighted by Gasteiger charge is -2.29. The highest BCUT2D eigenvalue weighted by Crippen LogP contribution is 2.36. The third-order valence-corrected chi connectivity index (χ3v) is 5.02. The molecular weight excluding hydrogens is 248 g/mol. The Labute approximate surface area is 121 Å². The van der Waals surface area contributed by atoms with Crippen molar-refractivity contribution in [1.82, 2.24) is 4.90 Å². The summed E-state index contributed by atoms with van der Waals surface area (Å²) in [5.74, 6) is 0.929. The van der Waals surface area contributed by atoms with Crippen molar-refractivity contribution < 1.29 is 4.79 Å². The molecule has 20 heavy (non-hydrogen) atoms. The monoisotopic (exact) mass is 272 g/mol. The Kier molecular flexibility index (Phi) is 3.68. The first-order valence-electron chi connectivity index (χ1n) is 7.84. The molecule has 0 spiro atoms. The molecule has 1 amide bonds. The number of amides is 1. The summed E-state index contributed by atoms with van der Waals surface area (Å²) in [5, 5.41) is 0. The highest BCUT2D eigenvalue weighted by molar-refractivity contribution is 5.95. The van der Waals surface area contributed by atoms with Crippen LogP contribution in [0, 0.1) is 12.8 Å². The fourth-order valence-electron chi connectivity index (χ4n) is 3.85. The minimum absolute atomic E-state index is 0.197. The van der Waals surface area contributed by atoms with Crippen LogP contribution in [-0.4, -0.2) is 23.4 Å². The lowest BCUT2D eigenvalue weighted by molar-refractivity contribution is 0.0689. The van der Waals surface area contributed by atoms with Gasteiger partial charge in [-0.15, -0.1) is 0 Å². The SMILES string of the molecule is Cc1cc(C(=O)N2CCCC2C2CCCC2)ccc1N. The average Bonchev–Trinajstić information content (AvgIpc) is 3.10. The van der Waals surface area contributed by atoms with Gasteiger partial charge in [0, 0.05) is 23.8 Å². The van der Waals surface area contributed by atoms with Crippen LogP contribution in [0.1, 0.15) is 54.4 Å². The standard InChI is InChI=1S/C17H24N2O/c1-12-11-14(8-9-15(12)18)17(20)19-10-4-7-16(19)13-5-2-3-6-13/h8-9,11,13,16H,2-7,10,18H2,1H3. The van der Waals surface area contributed by atoms with E-state index in [4.69, 9.17) is 5.73 Å². The molecule has 3 heteroatoms. The minimum Gasteiger partial charge on any atom is -0.399 e. The van der Waals surface area contributed by atoms with Crippen molar-refractivity contribution in [1.29, 1.82) is 0 Å². The van der Waals surface area contributed by atoms with Gasteiger partial charge in [0.2, 0.25) is 0 Å². The molecule has 2 aliphatic rings. The Hall–Kier alpha value is -1.51. The van der Waals surface area contributed by atoms with Crippen LogP contribution < -0.4 is 5.73 Å². The molecule has 0 aromatic heterocycles. The predicted molar refractivity (Wildman–Crippen MR) is 81.6 cm³/mol. The third-order valence-electron chi connectivity index (χ3n) is 5.02. The fourth-order valence-corrected chi connectivity index (χ4v) is 3.85. The van der Waals surface area contributed by atoms with Gasteiger partial charge >= 0.3 is 0 Å². The zero-order valence-electron chi connectivity index (χ0n) is 12.3. The molecule has 1 aliphatic carbocycles. The van der Waals surface area contributed by atoms with Crippen LogP contribution in [0.15, 0.2) is 18.2 Å². The summed E-state index contributed by atoms with van der Waals surface area (Å²) in [4.78, 5) is 14.9. The molecule has 1 saturated heterocycles. The molecule has 1 unspecified atom stereocenters. The van der Waals surface area contributed by atoms with Gasteiger partial charge < -0.3 is 10.6 Å². The summed E-state index contributed by atoms with van der Waals surface area (Å²) in [7, 11) is 0. The van der Waals surface area contributed by atoms with Crippen LogP contribution >= 0.6 is 0 Å². The molecular formula is C17H24N2O. The van der Waals surface area contributed by atoms with Crippen LogP contribution in [-0.2, 0) is 0 Å². The number of nitrogens with two attached hydrogens (primary N) is 1. The van der Waals surface area contributed by atoms with Crippen molar-refractivity contribution in [2.45, 2.75) is 51.5 Å². The summed E-state index contributed by atoms with van der Waals surface area (Å²) in [6, 6.07) is 6.13. The van der Waals surface area contributed by atoms with Gasteiger partial charge in [0.15, 0.2) is 0 Å². The lowest BCUT2D eigenvalue weighted by Crippen LogP contribution is -2.39. The molecule has 1 aromatic rings. The molecule has 2 N–H and O–H groups in total. The first-order chi connectivity index (χ1) is 9.66. The number of likely N-dealkylation sites (tertiary alicyclic amines) is 1. The first kappa shape index (κ1) is 13.5. The van der Waals surface area contributed by atoms with Crippen LogP contribution in [0.3, 0.4) is 0 Å². The maximum Gasteiger partial charge on any atom is 0.254 e. The zero-order chi connectivity index (χ0) is 14.1. The topological polar surface area (TPSA) is 46.3 Å². The second-order valence-corrected chi connectivity index (χ2v) is 6.32. The summed E-state index contributed by atoms with van der Waals surface area (Å²) in [5.41, 5.74) is 8.39. The van der Waals surface area contributed by atoms with E-state index in [1.807, 2.05) is 25.1 Å². The van der Waals surface area contributed by atoms with Gasteiger partial charge in [-0.25, -0.2) is 0 Å². The Bertz CT molecular complexity index is 506. The van der Waals surface area contributed by atoms with Gasteiger partial charge in [-0.1, -0.05) is 12.8 Å². The highest BCUT2D eigenvalue weighted by Gasteiger charge is 2.36. The van der Waals surface area contributed by atoms with Crippen molar-refractivity contribution in [2.75, 3.05) is 12.3 Å². The number of rotatable bonds is 2. The van der Waals surface area contributed by atoms with E-state index in [0.717, 1.165) is 35.7 Å². The number of hydrogen-bond acceptors (Lipinski definition) is 2. The average molecular weight is 272 g/mol. The smallest absolute Gasteiger partial charge is 0.254 e. The van der Waals surface area contributed by atoms with Crippen LogP contribution in [0.2, 0.25) is 0 Å². The van der Waals surface area contributed by atoms with Gasteiger partial charge in [0.05, 0.1) is 0 Å². The van der Waals surface area contributed by atoms with E-state index in [0.29, 0.717) is 6.04 Å². The summed E-state index contributed by atoms with van der Waals surface area (Å²) < 4.78 is 0. The van der Waals surface area contributed by atoms with E-state index >= 15 is 0 Å². The lowest BCUT2D eigenvalue weighted by atomic mass is 9.95. The van der Waals surface area contributed by atoms with Crippen LogP contribution in [0.5, 0.6) is 0 Å². The normalized spacial score (nSPS) is 23.4. The first-order valence-corrected chi connectivity index (χ1v) is 7.84. The maximum absolute atomic E-state index is 12.8. The van der Waals surface area contributed by atoms with Crippen molar-refractivity contribution in [2.24, 2.45) is 5.92 Å². The van der Waals surface area contributed by atoms with Crippen molar-refractivity contribution in [3.63, 3.8) is 0 Å². The Morgan fingerprint density at radius 3 is 2.65 bits per heavy atom. The zero-order valence-corrected chi connectivity index (χ0v) is 12.3. The molecule has 2 fully saturated rings. The number of hydrogen-bond donors (Lipinski definition) is 1. The predicted octanol–water partition coefficient (Wildman–Crippen LogP) is 3.37. The molecule has 1 aromatic carbocycles. The van der Waals surface area contributed by atoms with Gasteiger partial charge in [0.25, 0.3) is 5.91 Å². The number of anilines is 1. The largest absolute Gasteiger partial charge is 0.399 e. The fraction of sp³-hybridized carbons (Fsp3) is 0.588. The molecule has 1 aliphatic heterocycles. The minimum atomic E-state index is 0.197. The van der Waals surface area contributed by atoms with E-state index in [2.05, 4.69) is 4.90 Å². The summed E-state index contributed by atoms with van der Waals surface area (Å²) in [6.45, 7) is 2.88. The highest BCUT2D eigenvalue weighted by atomic mass is 16.2. The van der Waals surface area contributed by atoms with E-state index in [1.165, 1.54) is 32.1 Å². The number of nitrogen functional groups attached to an aromatic ring is 1. The number of nitrogens with zero attached hydrogens (tertiary/aromatic N) is 1. The summed E-state index contributed by atoms with van der Waals surface area (Å²) in [6.07, 6.45) is 7.62. The molecule has 1 saturated carbocycles. The van der Waals surface area contributed by atoms with Crippen molar-refractivity contribution in [3.8, 4) is 0 Å². The van der Waals surface area contributed by atoms with E-state index in [1.54, 1.807) is 0 Å². The van der Waals surface area contributed by atoms with Gasteiger partial charge in [-0.05, 0) is 62.3 Å². The van der Waals surface area contributed by atoms with E-state index in [9.17, 15) is 4.79 Å². The molecule has 3 nitrogen and oxygen atoms in total. The van der Waals surface area contributed by atoms with Crippen molar-refractivity contribution >= 4 is 11.6 Å². The second kappa shape index (κ2) is 5.47. The van der Waals surface area contributed by atoms with Crippen LogP contribution in [0.25, 0.3) is 0 Å². The second-order valence-electron chi connectivity index (χ2n) is 6.32. The third kappa shape index (κ3) is 2.41. The van der Waals surface area contributed by atoms with Gasteiger partial charge in [-0.2, -0.15) is 0 Å². The van der Waals surface area contributed by atoms with Crippen molar-refractivity contribution in [3.05, 3.63) is 29.3 Å². The molecule has 108 valence electrons. The van der Waals surface area contributed by atoms with Gasteiger partial charge in [0.1, 0.15) is 0 Å². The molecule has 0 bridgehead atoms. The molecule has 0 radical (unpaired) electrons. The molecule has 1 heterocycles. The Morgan fingerprint density at radius 1 is 1.20 bits per heavy atom. The Balaban J connectivity index is 1.79. The quantitative estimate of drug-likeness (QED) is 0.839. The molecule has 3 rings (SSSR count). The van der Waals surface area contributed by atoms with E-state index < -0.39 is 0 Å². The molecule has 1 atom stereocenters. The van der Waals surface area contributed by atoms with Crippen LogP contribution in [0.4, 0.5) is 5.69 Å². The maximum atomic E-state index is 12.8.